The molecule has 0 aromatic carbocycles. The van der Waals surface area contributed by atoms with E-state index in [-0.39, 0.29) is 5.91 Å². The molecule has 1 aliphatic heterocycles. The van der Waals surface area contributed by atoms with Crippen molar-refractivity contribution in [2.75, 3.05) is 33.7 Å². The molecule has 0 radical (unpaired) electrons. The van der Waals surface area contributed by atoms with Crippen LogP contribution in [0.4, 0.5) is 0 Å². The normalized spacial score (nSPS) is 22.9. The van der Waals surface area contributed by atoms with E-state index in [0.717, 1.165) is 13.1 Å². The fourth-order valence-electron chi connectivity index (χ4n) is 1.58. The van der Waals surface area contributed by atoms with Crippen LogP contribution in [0.1, 0.15) is 19.3 Å². The van der Waals surface area contributed by atoms with Gasteiger partial charge < -0.3 is 15.5 Å². The van der Waals surface area contributed by atoms with Gasteiger partial charge in [0, 0.05) is 26.7 Å². The van der Waals surface area contributed by atoms with Crippen molar-refractivity contribution >= 4 is 5.91 Å². The predicted octanol–water partition coefficient (Wildman–Crippen LogP) is -0.194. The van der Waals surface area contributed by atoms with E-state index < -0.39 is 0 Å². The minimum absolute atomic E-state index is 0.147. The van der Waals surface area contributed by atoms with Gasteiger partial charge in [-0.05, 0) is 19.4 Å². The van der Waals surface area contributed by atoms with Gasteiger partial charge in [-0.15, -0.1) is 0 Å². The highest BCUT2D eigenvalue weighted by atomic mass is 16.2. The molecule has 1 aliphatic rings. The number of carbonyl (C=O) groups is 1. The summed E-state index contributed by atoms with van der Waals surface area (Å²) in [5.74, 6) is 0.147. The van der Waals surface area contributed by atoms with Crippen LogP contribution in [0.25, 0.3) is 0 Å². The molecule has 0 aliphatic carbocycles. The highest BCUT2D eigenvalue weighted by Crippen LogP contribution is 2.03. The molecule has 4 heteroatoms. The van der Waals surface area contributed by atoms with Gasteiger partial charge in [-0.3, -0.25) is 4.79 Å². The Labute approximate surface area is 86.0 Å². The number of hydrogen-bond acceptors (Lipinski definition) is 3. The third-order valence-electron chi connectivity index (χ3n) is 2.59. The SMILES string of the molecule is CN(C)C(=O)CN[C@H]1CCCCNC1. The fourth-order valence-corrected chi connectivity index (χ4v) is 1.58. The molecule has 1 heterocycles. The number of likely N-dealkylation sites (N-methyl/N-ethyl adjacent to an activating group) is 1. The Morgan fingerprint density at radius 3 is 3.00 bits per heavy atom. The molecule has 0 aromatic heterocycles. The molecule has 1 fully saturated rings. The number of hydrogen-bond donors (Lipinski definition) is 2. The summed E-state index contributed by atoms with van der Waals surface area (Å²) in [6.07, 6.45) is 3.67. The van der Waals surface area contributed by atoms with Crippen molar-refractivity contribution in [3.63, 3.8) is 0 Å². The van der Waals surface area contributed by atoms with Crippen LogP contribution in [-0.4, -0.2) is 50.6 Å². The van der Waals surface area contributed by atoms with Crippen LogP contribution in [0.5, 0.6) is 0 Å². The lowest BCUT2D eigenvalue weighted by atomic mass is 10.1. The van der Waals surface area contributed by atoms with E-state index >= 15 is 0 Å². The Hall–Kier alpha value is -0.610. The lowest BCUT2D eigenvalue weighted by Crippen LogP contribution is -2.42. The molecular formula is C10H21N3O. The first-order valence-electron chi connectivity index (χ1n) is 5.34. The lowest BCUT2D eigenvalue weighted by molar-refractivity contribution is -0.127. The summed E-state index contributed by atoms with van der Waals surface area (Å²) in [6.45, 7) is 2.56. The Balaban J connectivity index is 2.19. The largest absolute Gasteiger partial charge is 0.348 e. The molecule has 0 bridgehead atoms. The van der Waals surface area contributed by atoms with Gasteiger partial charge >= 0.3 is 0 Å². The van der Waals surface area contributed by atoms with Crippen LogP contribution in [0.15, 0.2) is 0 Å². The number of nitrogens with one attached hydrogen (secondary N) is 2. The zero-order chi connectivity index (χ0) is 10.4. The molecule has 1 atom stereocenters. The van der Waals surface area contributed by atoms with E-state index in [9.17, 15) is 4.79 Å². The van der Waals surface area contributed by atoms with Gasteiger partial charge in [0.05, 0.1) is 6.54 Å². The highest BCUT2D eigenvalue weighted by Gasteiger charge is 2.12. The molecule has 0 aromatic rings. The first-order chi connectivity index (χ1) is 6.70. The van der Waals surface area contributed by atoms with E-state index in [1.165, 1.54) is 19.3 Å². The summed E-state index contributed by atoms with van der Waals surface area (Å²) in [7, 11) is 3.57. The standard InChI is InChI=1S/C10H21N3O/c1-13(2)10(14)8-12-9-5-3-4-6-11-7-9/h9,11-12H,3-8H2,1-2H3/t9-/m0/s1. The minimum Gasteiger partial charge on any atom is -0.348 e. The van der Waals surface area contributed by atoms with Crippen LogP contribution in [-0.2, 0) is 4.79 Å². The van der Waals surface area contributed by atoms with Crippen molar-refractivity contribution in [2.24, 2.45) is 0 Å². The van der Waals surface area contributed by atoms with Gasteiger partial charge in [-0.25, -0.2) is 0 Å². The summed E-state index contributed by atoms with van der Waals surface area (Å²) in [5, 5.41) is 6.65. The lowest BCUT2D eigenvalue weighted by Gasteiger charge is -2.17. The van der Waals surface area contributed by atoms with Gasteiger partial charge in [0.15, 0.2) is 0 Å². The molecule has 1 rings (SSSR count). The van der Waals surface area contributed by atoms with Crippen LogP contribution in [0.2, 0.25) is 0 Å². The molecule has 1 saturated heterocycles. The van der Waals surface area contributed by atoms with Crippen molar-refractivity contribution in [1.82, 2.24) is 15.5 Å². The second kappa shape index (κ2) is 5.98. The Morgan fingerprint density at radius 1 is 1.50 bits per heavy atom. The maximum Gasteiger partial charge on any atom is 0.236 e. The van der Waals surface area contributed by atoms with Crippen LogP contribution < -0.4 is 10.6 Å². The minimum atomic E-state index is 0.147. The average molecular weight is 199 g/mol. The number of nitrogens with zero attached hydrogens (tertiary/aromatic N) is 1. The molecule has 2 N–H and O–H groups in total. The molecule has 82 valence electrons. The van der Waals surface area contributed by atoms with Crippen LogP contribution in [0, 0.1) is 0 Å². The molecule has 1 amide bonds. The number of carbonyl (C=O) groups excluding carboxylic acids is 1. The van der Waals surface area contributed by atoms with Gasteiger partial charge in [0.2, 0.25) is 5.91 Å². The summed E-state index contributed by atoms with van der Waals surface area (Å²) < 4.78 is 0. The molecule has 0 saturated carbocycles. The Bertz CT molecular complexity index is 174. The molecule has 0 spiro atoms. The second-order valence-electron chi connectivity index (χ2n) is 4.07. The van der Waals surface area contributed by atoms with E-state index in [2.05, 4.69) is 10.6 Å². The third kappa shape index (κ3) is 4.07. The summed E-state index contributed by atoms with van der Waals surface area (Å²) in [4.78, 5) is 12.9. The van der Waals surface area contributed by atoms with Crippen molar-refractivity contribution in [1.29, 1.82) is 0 Å². The number of amides is 1. The van der Waals surface area contributed by atoms with Gasteiger partial charge in [-0.1, -0.05) is 6.42 Å². The zero-order valence-electron chi connectivity index (χ0n) is 9.18. The monoisotopic (exact) mass is 199 g/mol. The molecular weight excluding hydrogens is 178 g/mol. The second-order valence-corrected chi connectivity index (χ2v) is 4.07. The van der Waals surface area contributed by atoms with Crippen LogP contribution >= 0.6 is 0 Å². The fraction of sp³-hybridized carbons (Fsp3) is 0.900. The first-order valence-corrected chi connectivity index (χ1v) is 5.34. The topological polar surface area (TPSA) is 44.4 Å². The highest BCUT2D eigenvalue weighted by molar-refractivity contribution is 5.77. The van der Waals surface area contributed by atoms with E-state index in [1.807, 2.05) is 0 Å². The molecule has 4 nitrogen and oxygen atoms in total. The Kier molecular flexibility index (Phi) is 4.90. The molecule has 14 heavy (non-hydrogen) atoms. The zero-order valence-corrected chi connectivity index (χ0v) is 9.18. The van der Waals surface area contributed by atoms with Gasteiger partial charge in [0.25, 0.3) is 0 Å². The average Bonchev–Trinajstić information content (AvgIpc) is 2.42. The van der Waals surface area contributed by atoms with Crippen molar-refractivity contribution in [3.8, 4) is 0 Å². The van der Waals surface area contributed by atoms with Crippen molar-refractivity contribution in [3.05, 3.63) is 0 Å². The summed E-state index contributed by atoms with van der Waals surface area (Å²) in [5.41, 5.74) is 0. The maximum absolute atomic E-state index is 11.3. The number of rotatable bonds is 3. The van der Waals surface area contributed by atoms with Crippen molar-refractivity contribution in [2.45, 2.75) is 25.3 Å². The first kappa shape index (κ1) is 11.5. The quantitative estimate of drug-likeness (QED) is 0.662. The van der Waals surface area contributed by atoms with Crippen molar-refractivity contribution < 1.29 is 4.79 Å². The third-order valence-corrected chi connectivity index (χ3v) is 2.59. The van der Waals surface area contributed by atoms with E-state index in [4.69, 9.17) is 0 Å². The molecule has 0 unspecified atom stereocenters. The Morgan fingerprint density at radius 2 is 2.29 bits per heavy atom. The maximum atomic E-state index is 11.3. The summed E-state index contributed by atoms with van der Waals surface area (Å²) >= 11 is 0. The van der Waals surface area contributed by atoms with E-state index in [1.54, 1.807) is 19.0 Å². The smallest absolute Gasteiger partial charge is 0.236 e. The van der Waals surface area contributed by atoms with Gasteiger partial charge in [-0.2, -0.15) is 0 Å². The predicted molar refractivity (Wildman–Crippen MR) is 57.2 cm³/mol. The van der Waals surface area contributed by atoms with Gasteiger partial charge in [0.1, 0.15) is 0 Å². The summed E-state index contributed by atoms with van der Waals surface area (Å²) in [6, 6.07) is 0.460. The van der Waals surface area contributed by atoms with Crippen LogP contribution in [0.3, 0.4) is 0 Å². The van der Waals surface area contributed by atoms with E-state index in [0.29, 0.717) is 12.6 Å².